The van der Waals surface area contributed by atoms with E-state index in [4.69, 9.17) is 14.6 Å². The van der Waals surface area contributed by atoms with Crippen LogP contribution in [0.5, 0.6) is 11.5 Å². The van der Waals surface area contributed by atoms with Crippen LogP contribution in [0.2, 0.25) is 0 Å². The summed E-state index contributed by atoms with van der Waals surface area (Å²) in [7, 11) is 1.41. The molecule has 1 aliphatic carbocycles. The number of rotatable bonds is 6. The van der Waals surface area contributed by atoms with Gasteiger partial charge in [0.1, 0.15) is 0 Å². The second kappa shape index (κ2) is 6.13. The van der Waals surface area contributed by atoms with Gasteiger partial charge >= 0.3 is 5.97 Å². The van der Waals surface area contributed by atoms with Gasteiger partial charge in [-0.25, -0.2) is 4.79 Å². The average molecular weight is 344 g/mol. The number of benzene rings is 1. The number of carbonyl (C=O) groups excluding carboxylic acids is 1. The lowest BCUT2D eigenvalue weighted by atomic mass is 10.2. The van der Waals surface area contributed by atoms with Crippen molar-refractivity contribution < 1.29 is 24.2 Å². The van der Waals surface area contributed by atoms with E-state index in [0.717, 1.165) is 12.8 Å². The van der Waals surface area contributed by atoms with Crippen LogP contribution in [0.3, 0.4) is 0 Å². The summed E-state index contributed by atoms with van der Waals surface area (Å²) in [5.41, 5.74) is 0.0727. The number of ether oxygens (including phenoxy) is 2. The molecule has 0 saturated heterocycles. The molecule has 0 unspecified atom stereocenters. The van der Waals surface area contributed by atoms with Crippen LogP contribution in [0, 0.1) is 0 Å². The molecule has 108 valence electrons. The Balaban J connectivity index is 2.09. The van der Waals surface area contributed by atoms with Gasteiger partial charge in [0, 0.05) is 6.04 Å². The highest BCUT2D eigenvalue weighted by Crippen LogP contribution is 2.36. The lowest BCUT2D eigenvalue weighted by Crippen LogP contribution is -2.30. The van der Waals surface area contributed by atoms with Crippen molar-refractivity contribution in [2.45, 2.75) is 18.9 Å². The van der Waals surface area contributed by atoms with Crippen LogP contribution in [0.15, 0.2) is 16.6 Å². The Hall–Kier alpha value is -1.76. The number of carboxylic acid groups (broad SMARTS) is 1. The zero-order valence-corrected chi connectivity index (χ0v) is 12.4. The molecule has 20 heavy (non-hydrogen) atoms. The normalized spacial score (nSPS) is 13.7. The van der Waals surface area contributed by atoms with Crippen molar-refractivity contribution >= 4 is 27.8 Å². The monoisotopic (exact) mass is 343 g/mol. The molecule has 7 heteroatoms. The summed E-state index contributed by atoms with van der Waals surface area (Å²) >= 11 is 3.22. The molecule has 0 atom stereocenters. The lowest BCUT2D eigenvalue weighted by molar-refractivity contribution is -0.123. The Morgan fingerprint density at radius 1 is 1.45 bits per heavy atom. The summed E-state index contributed by atoms with van der Waals surface area (Å²) in [6.07, 6.45) is 2.01. The zero-order chi connectivity index (χ0) is 14.7. The van der Waals surface area contributed by atoms with Gasteiger partial charge in [-0.15, -0.1) is 0 Å². The minimum Gasteiger partial charge on any atom is -0.493 e. The molecule has 1 fully saturated rings. The van der Waals surface area contributed by atoms with E-state index in [1.54, 1.807) is 0 Å². The van der Waals surface area contributed by atoms with Crippen LogP contribution >= 0.6 is 15.9 Å². The Labute approximate surface area is 124 Å². The van der Waals surface area contributed by atoms with Crippen LogP contribution in [-0.2, 0) is 4.79 Å². The molecule has 1 aromatic rings. The van der Waals surface area contributed by atoms with E-state index in [2.05, 4.69) is 21.2 Å². The first-order valence-corrected chi connectivity index (χ1v) is 6.83. The topological polar surface area (TPSA) is 84.9 Å². The van der Waals surface area contributed by atoms with Crippen molar-refractivity contribution in [2.24, 2.45) is 0 Å². The van der Waals surface area contributed by atoms with Crippen molar-refractivity contribution in [3.63, 3.8) is 0 Å². The van der Waals surface area contributed by atoms with E-state index in [1.165, 1.54) is 19.2 Å². The second-order valence-corrected chi connectivity index (χ2v) is 5.28. The van der Waals surface area contributed by atoms with Crippen LogP contribution in [0.1, 0.15) is 23.2 Å². The third-order valence-corrected chi connectivity index (χ3v) is 3.36. The summed E-state index contributed by atoms with van der Waals surface area (Å²) < 4.78 is 10.9. The molecule has 1 aliphatic rings. The maximum absolute atomic E-state index is 11.6. The van der Waals surface area contributed by atoms with Gasteiger partial charge in [-0.3, -0.25) is 4.79 Å². The average Bonchev–Trinajstić information content (AvgIpc) is 3.20. The summed E-state index contributed by atoms with van der Waals surface area (Å²) in [4.78, 5) is 22.5. The summed E-state index contributed by atoms with van der Waals surface area (Å²) in [5.74, 6) is -0.703. The highest BCUT2D eigenvalue weighted by atomic mass is 79.9. The van der Waals surface area contributed by atoms with E-state index >= 15 is 0 Å². The standard InChI is InChI=1S/C13H14BrNO5/c1-19-10-5-7(13(17)18)4-9(14)12(10)20-6-11(16)15-8-2-3-8/h4-5,8H,2-3,6H2,1H3,(H,15,16)(H,17,18). The molecule has 2 N–H and O–H groups in total. The third kappa shape index (κ3) is 3.63. The first-order valence-electron chi connectivity index (χ1n) is 6.04. The van der Waals surface area contributed by atoms with Crippen molar-refractivity contribution in [1.29, 1.82) is 0 Å². The Morgan fingerprint density at radius 2 is 2.15 bits per heavy atom. The molecule has 1 aromatic carbocycles. The second-order valence-electron chi connectivity index (χ2n) is 4.43. The summed E-state index contributed by atoms with van der Waals surface area (Å²) in [6, 6.07) is 3.02. The quantitative estimate of drug-likeness (QED) is 0.822. The van der Waals surface area contributed by atoms with Crippen molar-refractivity contribution in [3.8, 4) is 11.5 Å². The van der Waals surface area contributed by atoms with E-state index in [1.807, 2.05) is 0 Å². The minimum absolute atomic E-state index is 0.0727. The number of carbonyl (C=O) groups is 2. The molecule has 2 rings (SSSR count). The van der Waals surface area contributed by atoms with Gasteiger partial charge in [-0.05, 0) is 40.9 Å². The van der Waals surface area contributed by atoms with Crippen LogP contribution in [0.4, 0.5) is 0 Å². The van der Waals surface area contributed by atoms with Gasteiger partial charge in [-0.2, -0.15) is 0 Å². The zero-order valence-electron chi connectivity index (χ0n) is 10.8. The molecular weight excluding hydrogens is 330 g/mol. The van der Waals surface area contributed by atoms with Gasteiger partial charge in [0.2, 0.25) is 0 Å². The first kappa shape index (κ1) is 14.6. The molecule has 6 nitrogen and oxygen atoms in total. The van der Waals surface area contributed by atoms with Gasteiger partial charge in [-0.1, -0.05) is 0 Å². The minimum atomic E-state index is -1.07. The Kier molecular flexibility index (Phi) is 4.49. The number of nitrogens with one attached hydrogen (secondary N) is 1. The molecule has 0 radical (unpaired) electrons. The number of hydrogen-bond donors (Lipinski definition) is 2. The highest BCUT2D eigenvalue weighted by molar-refractivity contribution is 9.10. The fraction of sp³-hybridized carbons (Fsp3) is 0.385. The molecule has 0 aliphatic heterocycles. The van der Waals surface area contributed by atoms with E-state index < -0.39 is 5.97 Å². The SMILES string of the molecule is COc1cc(C(=O)O)cc(Br)c1OCC(=O)NC1CC1. The fourth-order valence-corrected chi connectivity index (χ4v) is 2.17. The lowest BCUT2D eigenvalue weighted by Gasteiger charge is -2.13. The van der Waals surface area contributed by atoms with Gasteiger partial charge in [0.25, 0.3) is 5.91 Å². The van der Waals surface area contributed by atoms with E-state index in [0.29, 0.717) is 10.2 Å². The fourth-order valence-electron chi connectivity index (χ4n) is 1.62. The van der Waals surface area contributed by atoms with Crippen LogP contribution in [-0.4, -0.2) is 36.7 Å². The summed E-state index contributed by atoms with van der Waals surface area (Å²) in [5, 5.41) is 11.8. The summed E-state index contributed by atoms with van der Waals surface area (Å²) in [6.45, 7) is -0.141. The number of hydrogen-bond acceptors (Lipinski definition) is 4. The van der Waals surface area contributed by atoms with Crippen molar-refractivity contribution in [3.05, 3.63) is 22.2 Å². The number of aromatic carboxylic acids is 1. The van der Waals surface area contributed by atoms with Crippen LogP contribution in [0.25, 0.3) is 0 Å². The molecule has 1 saturated carbocycles. The predicted octanol–water partition coefficient (Wildman–Crippen LogP) is 1.81. The van der Waals surface area contributed by atoms with Gasteiger partial charge < -0.3 is 19.9 Å². The largest absolute Gasteiger partial charge is 0.493 e. The van der Waals surface area contributed by atoms with Crippen molar-refractivity contribution in [2.75, 3.05) is 13.7 Å². The molecular formula is C13H14BrNO5. The third-order valence-electron chi connectivity index (χ3n) is 2.77. The van der Waals surface area contributed by atoms with Gasteiger partial charge in [0.05, 0.1) is 17.1 Å². The Bertz CT molecular complexity index is 542. The maximum atomic E-state index is 11.6. The number of amides is 1. The number of halogens is 1. The highest BCUT2D eigenvalue weighted by Gasteiger charge is 2.24. The van der Waals surface area contributed by atoms with Crippen molar-refractivity contribution in [1.82, 2.24) is 5.32 Å². The predicted molar refractivity (Wildman–Crippen MR) is 74.3 cm³/mol. The van der Waals surface area contributed by atoms with E-state index in [9.17, 15) is 9.59 Å². The number of carboxylic acids is 1. The molecule has 0 aromatic heterocycles. The van der Waals surface area contributed by atoms with Gasteiger partial charge in [0.15, 0.2) is 18.1 Å². The molecule has 1 amide bonds. The number of methoxy groups -OCH3 is 1. The van der Waals surface area contributed by atoms with Crippen LogP contribution < -0.4 is 14.8 Å². The Morgan fingerprint density at radius 3 is 2.70 bits per heavy atom. The first-order chi connectivity index (χ1) is 9.51. The molecule has 0 bridgehead atoms. The van der Waals surface area contributed by atoms with E-state index in [-0.39, 0.29) is 29.9 Å². The molecule has 0 spiro atoms. The molecule has 0 heterocycles. The maximum Gasteiger partial charge on any atom is 0.335 e. The smallest absolute Gasteiger partial charge is 0.335 e.